The fourth-order valence-corrected chi connectivity index (χ4v) is 3.91. The fraction of sp³-hybridized carbons (Fsp3) is 0.105. The smallest absolute Gasteiger partial charge is 0.257 e. The minimum absolute atomic E-state index is 0.192. The Labute approximate surface area is 185 Å². The molecule has 3 rings (SSSR count). The Hall–Kier alpha value is -2.24. The molecule has 6 nitrogen and oxygen atoms in total. The maximum absolute atomic E-state index is 12.3. The Morgan fingerprint density at radius 1 is 1.14 bits per heavy atom. The van der Waals surface area contributed by atoms with Crippen LogP contribution in [0.4, 0.5) is 5.13 Å². The fourth-order valence-electron chi connectivity index (χ4n) is 2.39. The van der Waals surface area contributed by atoms with Crippen LogP contribution in [-0.2, 0) is 0 Å². The molecule has 1 amide bonds. The number of rotatable bonds is 5. The number of halogens is 1. The number of amides is 1. The van der Waals surface area contributed by atoms with Crippen LogP contribution in [-0.4, -0.2) is 30.2 Å². The summed E-state index contributed by atoms with van der Waals surface area (Å²) in [5.41, 5.74) is 2.19. The highest BCUT2D eigenvalue weighted by molar-refractivity contribution is 14.1. The van der Waals surface area contributed by atoms with Gasteiger partial charge in [-0.05, 0) is 71.2 Å². The summed E-state index contributed by atoms with van der Waals surface area (Å²) in [6, 6.07) is 12.8. The van der Waals surface area contributed by atoms with Crippen molar-refractivity contribution in [3.05, 3.63) is 57.0 Å². The number of benzene rings is 2. The van der Waals surface area contributed by atoms with Gasteiger partial charge >= 0.3 is 0 Å². The van der Waals surface area contributed by atoms with Crippen molar-refractivity contribution in [3.63, 3.8) is 0 Å². The van der Waals surface area contributed by atoms with Crippen LogP contribution in [0.5, 0.6) is 11.5 Å². The first kappa shape index (κ1) is 20.5. The van der Waals surface area contributed by atoms with Gasteiger partial charge < -0.3 is 14.8 Å². The zero-order valence-electron chi connectivity index (χ0n) is 15.0. The molecule has 144 valence electrons. The third-order valence-corrected chi connectivity index (χ3v) is 5.35. The van der Waals surface area contributed by atoms with E-state index < -0.39 is 0 Å². The van der Waals surface area contributed by atoms with Gasteiger partial charge in [0.2, 0.25) is 0 Å². The Morgan fingerprint density at radius 2 is 1.93 bits per heavy atom. The SMILES string of the molecule is COc1ccc(-c2csc(NC(=S)NC(=O)c3cccc(I)c3)n2)cc1OC. The molecule has 0 bridgehead atoms. The van der Waals surface area contributed by atoms with Crippen LogP contribution >= 0.6 is 46.1 Å². The lowest BCUT2D eigenvalue weighted by atomic mass is 10.1. The monoisotopic (exact) mass is 525 g/mol. The first-order valence-electron chi connectivity index (χ1n) is 8.06. The van der Waals surface area contributed by atoms with Crippen LogP contribution in [0.1, 0.15) is 10.4 Å². The van der Waals surface area contributed by atoms with Crippen LogP contribution in [0, 0.1) is 3.57 Å². The first-order valence-corrected chi connectivity index (χ1v) is 10.4. The van der Waals surface area contributed by atoms with Crippen LogP contribution in [0.3, 0.4) is 0 Å². The number of thiazole rings is 1. The molecule has 0 fully saturated rings. The lowest BCUT2D eigenvalue weighted by molar-refractivity contribution is 0.0977. The van der Waals surface area contributed by atoms with E-state index >= 15 is 0 Å². The molecule has 0 aliphatic rings. The summed E-state index contributed by atoms with van der Waals surface area (Å²) in [5.74, 6) is 1.01. The molecule has 0 aliphatic heterocycles. The maximum atomic E-state index is 12.3. The standard InChI is InChI=1S/C19H16IN3O3S2/c1-25-15-7-6-11(9-16(15)26-2)14-10-28-19(21-14)23-18(27)22-17(24)12-4-3-5-13(20)8-12/h3-10H,1-2H3,(H2,21,22,23,24,27). The highest BCUT2D eigenvalue weighted by Gasteiger charge is 2.12. The van der Waals surface area contributed by atoms with Crippen molar-refractivity contribution in [1.82, 2.24) is 10.3 Å². The summed E-state index contributed by atoms with van der Waals surface area (Å²) in [4.78, 5) is 16.8. The molecule has 3 aromatic rings. The zero-order valence-corrected chi connectivity index (χ0v) is 18.8. The summed E-state index contributed by atoms with van der Waals surface area (Å²) >= 11 is 8.77. The maximum Gasteiger partial charge on any atom is 0.257 e. The third-order valence-electron chi connectivity index (χ3n) is 3.72. The number of carbonyl (C=O) groups is 1. The lowest BCUT2D eigenvalue weighted by Crippen LogP contribution is -2.34. The molecule has 2 aromatic carbocycles. The summed E-state index contributed by atoms with van der Waals surface area (Å²) in [7, 11) is 3.18. The van der Waals surface area contributed by atoms with E-state index in [1.165, 1.54) is 11.3 Å². The molecule has 2 N–H and O–H groups in total. The molecule has 9 heteroatoms. The molecule has 0 radical (unpaired) electrons. The summed E-state index contributed by atoms with van der Waals surface area (Å²) in [6.45, 7) is 0. The first-order chi connectivity index (χ1) is 13.5. The van der Waals surface area contributed by atoms with E-state index in [9.17, 15) is 4.79 Å². The number of methoxy groups -OCH3 is 2. The number of hydrogen-bond donors (Lipinski definition) is 2. The van der Waals surface area contributed by atoms with Gasteiger partial charge in [0, 0.05) is 20.1 Å². The topological polar surface area (TPSA) is 72.5 Å². The summed E-state index contributed by atoms with van der Waals surface area (Å²) in [6.07, 6.45) is 0. The van der Waals surface area contributed by atoms with E-state index in [0.717, 1.165) is 14.8 Å². The number of nitrogens with zero attached hydrogens (tertiary/aromatic N) is 1. The second kappa shape index (κ2) is 9.30. The predicted molar refractivity (Wildman–Crippen MR) is 123 cm³/mol. The van der Waals surface area contributed by atoms with Gasteiger partial charge in [0.15, 0.2) is 21.7 Å². The van der Waals surface area contributed by atoms with E-state index in [1.807, 2.05) is 35.7 Å². The predicted octanol–water partition coefficient (Wildman–Crippen LogP) is 4.56. The second-order valence-corrected chi connectivity index (χ2v) is 8.04. The number of ether oxygens (including phenoxy) is 2. The molecule has 0 unspecified atom stereocenters. The Balaban J connectivity index is 1.67. The molecular formula is C19H16IN3O3S2. The van der Waals surface area contributed by atoms with E-state index in [0.29, 0.717) is 22.2 Å². The van der Waals surface area contributed by atoms with Gasteiger partial charge in [0.1, 0.15) is 0 Å². The molecule has 1 aromatic heterocycles. The number of nitrogens with one attached hydrogen (secondary N) is 2. The van der Waals surface area contributed by atoms with E-state index in [2.05, 4.69) is 38.2 Å². The number of thiocarbonyl (C=S) groups is 1. The van der Waals surface area contributed by atoms with Gasteiger partial charge in [0.25, 0.3) is 5.91 Å². The van der Waals surface area contributed by atoms with Gasteiger partial charge in [-0.25, -0.2) is 4.98 Å². The summed E-state index contributed by atoms with van der Waals surface area (Å²) in [5, 5.41) is 8.28. The minimum Gasteiger partial charge on any atom is -0.493 e. The second-order valence-electron chi connectivity index (χ2n) is 5.53. The van der Waals surface area contributed by atoms with Crippen molar-refractivity contribution < 1.29 is 14.3 Å². The number of hydrogen-bond acceptors (Lipinski definition) is 6. The number of anilines is 1. The van der Waals surface area contributed by atoms with Crippen LogP contribution in [0.15, 0.2) is 47.8 Å². The zero-order chi connectivity index (χ0) is 20.1. The molecule has 0 saturated carbocycles. The Morgan fingerprint density at radius 3 is 2.64 bits per heavy atom. The van der Waals surface area contributed by atoms with Crippen LogP contribution < -0.4 is 20.1 Å². The molecule has 0 aliphatic carbocycles. The number of aromatic nitrogens is 1. The normalized spacial score (nSPS) is 10.2. The molecule has 1 heterocycles. The highest BCUT2D eigenvalue weighted by atomic mass is 127. The molecule has 28 heavy (non-hydrogen) atoms. The van der Waals surface area contributed by atoms with Crippen LogP contribution in [0.2, 0.25) is 0 Å². The van der Waals surface area contributed by atoms with Crippen molar-refractivity contribution in [2.75, 3.05) is 19.5 Å². The molecule has 0 saturated heterocycles. The van der Waals surface area contributed by atoms with E-state index in [4.69, 9.17) is 21.7 Å². The molecule has 0 atom stereocenters. The van der Waals surface area contributed by atoms with Crippen molar-refractivity contribution in [2.24, 2.45) is 0 Å². The van der Waals surface area contributed by atoms with Gasteiger partial charge in [-0.15, -0.1) is 11.3 Å². The molecule has 0 spiro atoms. The third kappa shape index (κ3) is 4.97. The largest absolute Gasteiger partial charge is 0.493 e. The molecular weight excluding hydrogens is 509 g/mol. The quantitative estimate of drug-likeness (QED) is 0.376. The Bertz CT molecular complexity index is 1020. The average molecular weight is 525 g/mol. The van der Waals surface area contributed by atoms with Gasteiger partial charge in [-0.3, -0.25) is 10.1 Å². The Kier molecular flexibility index (Phi) is 6.81. The van der Waals surface area contributed by atoms with Crippen molar-refractivity contribution in [3.8, 4) is 22.8 Å². The minimum atomic E-state index is -0.271. The van der Waals surface area contributed by atoms with E-state index in [-0.39, 0.29) is 11.0 Å². The van der Waals surface area contributed by atoms with Crippen molar-refractivity contribution in [2.45, 2.75) is 0 Å². The van der Waals surface area contributed by atoms with Gasteiger partial charge in [-0.1, -0.05) is 6.07 Å². The van der Waals surface area contributed by atoms with Gasteiger partial charge in [0.05, 0.1) is 19.9 Å². The van der Waals surface area contributed by atoms with Crippen LogP contribution in [0.25, 0.3) is 11.3 Å². The number of carbonyl (C=O) groups excluding carboxylic acids is 1. The lowest BCUT2D eigenvalue weighted by Gasteiger charge is -2.08. The van der Waals surface area contributed by atoms with Gasteiger partial charge in [-0.2, -0.15) is 0 Å². The summed E-state index contributed by atoms with van der Waals surface area (Å²) < 4.78 is 11.6. The highest BCUT2D eigenvalue weighted by Crippen LogP contribution is 2.33. The average Bonchev–Trinajstić information content (AvgIpc) is 3.15. The van der Waals surface area contributed by atoms with E-state index in [1.54, 1.807) is 26.4 Å². The van der Waals surface area contributed by atoms with Crippen molar-refractivity contribution in [1.29, 1.82) is 0 Å². The van der Waals surface area contributed by atoms with Crippen molar-refractivity contribution >= 4 is 62.3 Å².